The second kappa shape index (κ2) is 8.28. The number of aryl methyl sites for hydroxylation is 1. The van der Waals surface area contributed by atoms with E-state index in [2.05, 4.69) is 101 Å². The van der Waals surface area contributed by atoms with Gasteiger partial charge in [-0.05, 0) is 36.4 Å². The van der Waals surface area contributed by atoms with Gasteiger partial charge in [0.2, 0.25) is 0 Å². The molecular formula is C23H23N3P+. The topological polar surface area (TPSA) is 30.7 Å². The van der Waals surface area contributed by atoms with Crippen LogP contribution in [-0.4, -0.2) is 20.9 Å². The molecule has 0 aliphatic rings. The average Bonchev–Trinajstić information content (AvgIpc) is 3.27. The molecule has 1 aromatic heterocycles. The average molecular weight is 372 g/mol. The van der Waals surface area contributed by atoms with E-state index in [1.54, 1.807) is 12.7 Å². The van der Waals surface area contributed by atoms with Crippen molar-refractivity contribution >= 4 is 23.2 Å². The Bertz CT molecular complexity index is 842. The van der Waals surface area contributed by atoms with Gasteiger partial charge in [0.05, 0.1) is 6.16 Å². The standard InChI is InChI=1S/C23H23N3P/c1-4-11-21(12-5-1)27(22-13-6-2-7-14-22,23-15-8-3-9-16-23)18-10-17-26-20-24-19-25-26/h1-9,11-16,19-20H,10,17-18H2/q+1. The summed E-state index contributed by atoms with van der Waals surface area (Å²) >= 11 is 0. The number of hydrogen-bond donors (Lipinski definition) is 0. The van der Waals surface area contributed by atoms with Gasteiger partial charge >= 0.3 is 0 Å². The van der Waals surface area contributed by atoms with Crippen LogP contribution in [-0.2, 0) is 6.54 Å². The molecule has 0 bridgehead atoms. The smallest absolute Gasteiger partial charge is 0.137 e. The number of nitrogens with zero attached hydrogens (tertiary/aromatic N) is 3. The Kier molecular flexibility index (Phi) is 5.41. The van der Waals surface area contributed by atoms with Crippen molar-refractivity contribution in [2.45, 2.75) is 13.0 Å². The molecular weight excluding hydrogens is 349 g/mol. The van der Waals surface area contributed by atoms with Crippen LogP contribution in [0.4, 0.5) is 0 Å². The molecule has 0 spiro atoms. The molecule has 0 N–H and O–H groups in total. The molecule has 0 unspecified atom stereocenters. The van der Waals surface area contributed by atoms with E-state index in [0.29, 0.717) is 0 Å². The van der Waals surface area contributed by atoms with Gasteiger partial charge in [-0.25, -0.2) is 4.98 Å². The highest BCUT2D eigenvalue weighted by Crippen LogP contribution is 2.55. The lowest BCUT2D eigenvalue weighted by Gasteiger charge is -2.27. The van der Waals surface area contributed by atoms with Gasteiger partial charge in [0, 0.05) is 13.0 Å². The predicted octanol–water partition coefficient (Wildman–Crippen LogP) is 3.66. The summed E-state index contributed by atoms with van der Waals surface area (Å²) in [6, 6.07) is 33.0. The van der Waals surface area contributed by atoms with Gasteiger partial charge in [0.15, 0.2) is 0 Å². The Morgan fingerprint density at radius 3 is 1.56 bits per heavy atom. The van der Waals surface area contributed by atoms with Gasteiger partial charge < -0.3 is 0 Å². The molecule has 27 heavy (non-hydrogen) atoms. The molecule has 4 heteroatoms. The quantitative estimate of drug-likeness (QED) is 0.464. The number of benzene rings is 3. The first-order valence-corrected chi connectivity index (χ1v) is 11.2. The van der Waals surface area contributed by atoms with Crippen molar-refractivity contribution in [3.8, 4) is 0 Å². The second-order valence-corrected chi connectivity index (χ2v) is 10.2. The van der Waals surface area contributed by atoms with Gasteiger partial charge in [0.25, 0.3) is 0 Å². The summed E-state index contributed by atoms with van der Waals surface area (Å²) in [5.41, 5.74) is 0. The van der Waals surface area contributed by atoms with Gasteiger partial charge in [0.1, 0.15) is 35.8 Å². The molecule has 0 saturated heterocycles. The predicted molar refractivity (Wildman–Crippen MR) is 115 cm³/mol. The van der Waals surface area contributed by atoms with Crippen molar-refractivity contribution in [1.82, 2.24) is 14.8 Å². The number of rotatable bonds is 7. The van der Waals surface area contributed by atoms with Crippen LogP contribution < -0.4 is 15.9 Å². The maximum atomic E-state index is 4.27. The molecule has 0 fully saturated rings. The molecule has 0 amide bonds. The first-order valence-electron chi connectivity index (χ1n) is 9.27. The van der Waals surface area contributed by atoms with Crippen molar-refractivity contribution in [2.24, 2.45) is 0 Å². The lowest BCUT2D eigenvalue weighted by Crippen LogP contribution is -2.33. The van der Waals surface area contributed by atoms with Crippen LogP contribution in [0.3, 0.4) is 0 Å². The van der Waals surface area contributed by atoms with E-state index in [0.717, 1.165) is 19.1 Å². The fourth-order valence-electron chi connectivity index (χ4n) is 3.70. The molecule has 134 valence electrons. The number of hydrogen-bond acceptors (Lipinski definition) is 2. The third kappa shape index (κ3) is 3.70. The zero-order chi connectivity index (χ0) is 18.4. The first kappa shape index (κ1) is 17.6. The molecule has 3 aromatic carbocycles. The van der Waals surface area contributed by atoms with E-state index in [1.807, 2.05) is 4.68 Å². The molecule has 0 radical (unpaired) electrons. The second-order valence-electron chi connectivity index (χ2n) is 6.55. The highest BCUT2D eigenvalue weighted by atomic mass is 31.2. The summed E-state index contributed by atoms with van der Waals surface area (Å²) in [5.74, 6) is 0. The van der Waals surface area contributed by atoms with E-state index < -0.39 is 7.26 Å². The van der Waals surface area contributed by atoms with Crippen LogP contribution in [0, 0.1) is 0 Å². The van der Waals surface area contributed by atoms with Crippen molar-refractivity contribution in [3.05, 3.63) is 104 Å². The van der Waals surface area contributed by atoms with Gasteiger partial charge in [-0.2, -0.15) is 5.10 Å². The van der Waals surface area contributed by atoms with E-state index >= 15 is 0 Å². The Morgan fingerprint density at radius 2 is 1.15 bits per heavy atom. The SMILES string of the molecule is c1ccc([P+](CCCn2cncn2)(c2ccccc2)c2ccccc2)cc1. The largest absolute Gasteiger partial charge is 0.253 e. The molecule has 4 rings (SSSR count). The molecule has 1 heterocycles. The normalized spacial score (nSPS) is 11.4. The van der Waals surface area contributed by atoms with E-state index in [4.69, 9.17) is 0 Å². The monoisotopic (exact) mass is 372 g/mol. The Labute approximate surface area is 161 Å². The zero-order valence-electron chi connectivity index (χ0n) is 15.2. The Morgan fingerprint density at radius 1 is 0.667 bits per heavy atom. The maximum Gasteiger partial charge on any atom is 0.137 e. The lowest BCUT2D eigenvalue weighted by molar-refractivity contribution is 0.603. The summed E-state index contributed by atoms with van der Waals surface area (Å²) in [6.07, 6.45) is 5.56. The van der Waals surface area contributed by atoms with Crippen LogP contribution in [0.15, 0.2) is 104 Å². The lowest BCUT2D eigenvalue weighted by atomic mass is 10.3. The molecule has 3 nitrogen and oxygen atoms in total. The molecule has 0 aliphatic carbocycles. The van der Waals surface area contributed by atoms with Crippen molar-refractivity contribution in [2.75, 3.05) is 6.16 Å². The van der Waals surface area contributed by atoms with Gasteiger partial charge in [-0.1, -0.05) is 54.6 Å². The van der Waals surface area contributed by atoms with E-state index in [9.17, 15) is 0 Å². The van der Waals surface area contributed by atoms with Crippen LogP contribution in [0.1, 0.15) is 6.42 Å². The minimum absolute atomic E-state index is 0.883. The summed E-state index contributed by atoms with van der Waals surface area (Å²) < 4.78 is 1.93. The van der Waals surface area contributed by atoms with Crippen molar-refractivity contribution in [1.29, 1.82) is 0 Å². The molecule has 0 atom stereocenters. The van der Waals surface area contributed by atoms with E-state index in [-0.39, 0.29) is 0 Å². The van der Waals surface area contributed by atoms with Crippen molar-refractivity contribution < 1.29 is 0 Å². The summed E-state index contributed by atoms with van der Waals surface area (Å²) in [5, 5.41) is 8.57. The van der Waals surface area contributed by atoms with Gasteiger partial charge in [-0.15, -0.1) is 0 Å². The molecule has 4 aromatic rings. The highest BCUT2D eigenvalue weighted by molar-refractivity contribution is 7.95. The van der Waals surface area contributed by atoms with Crippen LogP contribution in [0.5, 0.6) is 0 Å². The number of aromatic nitrogens is 3. The van der Waals surface area contributed by atoms with Crippen molar-refractivity contribution in [3.63, 3.8) is 0 Å². The van der Waals surface area contributed by atoms with E-state index in [1.165, 1.54) is 15.9 Å². The maximum absolute atomic E-state index is 4.27. The first-order chi connectivity index (χ1) is 13.4. The minimum atomic E-state index is -1.73. The minimum Gasteiger partial charge on any atom is -0.253 e. The van der Waals surface area contributed by atoms with Crippen LogP contribution >= 0.6 is 7.26 Å². The fourth-order valence-corrected chi connectivity index (χ4v) is 8.03. The third-order valence-corrected chi connectivity index (χ3v) is 9.46. The Hall–Kier alpha value is -2.77. The summed E-state index contributed by atoms with van der Waals surface area (Å²) in [7, 11) is -1.73. The zero-order valence-corrected chi connectivity index (χ0v) is 16.1. The molecule has 0 saturated carbocycles. The molecule has 0 aliphatic heterocycles. The third-order valence-electron chi connectivity index (χ3n) is 4.94. The highest BCUT2D eigenvalue weighted by Gasteiger charge is 2.44. The van der Waals surface area contributed by atoms with Gasteiger partial charge in [-0.3, -0.25) is 4.68 Å². The fraction of sp³-hybridized carbons (Fsp3) is 0.130. The summed E-state index contributed by atoms with van der Waals surface area (Å²) in [4.78, 5) is 4.07. The Balaban J connectivity index is 1.81. The summed E-state index contributed by atoms with van der Waals surface area (Å²) in [6.45, 7) is 0.883. The van der Waals surface area contributed by atoms with Crippen LogP contribution in [0.25, 0.3) is 0 Å². The van der Waals surface area contributed by atoms with Crippen LogP contribution in [0.2, 0.25) is 0 Å².